The molecular formula is C23H33N5O. The number of piperidine rings is 1. The van der Waals surface area contributed by atoms with Crippen molar-refractivity contribution in [1.29, 1.82) is 0 Å². The number of hydrogen-bond donors (Lipinski definition) is 0. The summed E-state index contributed by atoms with van der Waals surface area (Å²) in [6.45, 7) is 6.29. The van der Waals surface area contributed by atoms with Crippen molar-refractivity contribution in [3.05, 3.63) is 48.5 Å². The van der Waals surface area contributed by atoms with Crippen LogP contribution in [0.5, 0.6) is 0 Å². The Morgan fingerprint density at radius 3 is 2.55 bits per heavy atom. The summed E-state index contributed by atoms with van der Waals surface area (Å²) < 4.78 is 1.79. The Hall–Kier alpha value is -2.21. The van der Waals surface area contributed by atoms with Gasteiger partial charge in [0.2, 0.25) is 5.91 Å². The van der Waals surface area contributed by atoms with Crippen molar-refractivity contribution in [3.8, 4) is 0 Å². The van der Waals surface area contributed by atoms with Crippen molar-refractivity contribution in [3.63, 3.8) is 0 Å². The molecule has 2 aliphatic rings. The highest BCUT2D eigenvalue weighted by Crippen LogP contribution is 2.32. The standard InChI is InChI=1S/C23H33N5O/c29-23(7-4-12-28-19-24-18-25-28)27-15-10-21(11-16-27)22-9-14-26(17-22)13-8-20-5-2-1-3-6-20/h1-3,5-6,18-19,21-22H,4,7-17H2/t22-/m0/s1. The molecule has 6 nitrogen and oxygen atoms in total. The van der Waals surface area contributed by atoms with Crippen molar-refractivity contribution in [2.45, 2.75) is 45.1 Å². The van der Waals surface area contributed by atoms with Gasteiger partial charge in [0.15, 0.2) is 0 Å². The summed E-state index contributed by atoms with van der Waals surface area (Å²) in [6.07, 6.45) is 9.51. The third-order valence-electron chi connectivity index (χ3n) is 6.67. The molecule has 0 unspecified atom stereocenters. The Bertz CT molecular complexity index is 740. The van der Waals surface area contributed by atoms with Crippen LogP contribution in [0.3, 0.4) is 0 Å². The smallest absolute Gasteiger partial charge is 0.222 e. The summed E-state index contributed by atoms with van der Waals surface area (Å²) in [5.41, 5.74) is 1.44. The molecule has 0 N–H and O–H groups in total. The number of nitrogens with zero attached hydrogens (tertiary/aromatic N) is 5. The lowest BCUT2D eigenvalue weighted by atomic mass is 9.83. The van der Waals surface area contributed by atoms with Gasteiger partial charge in [-0.2, -0.15) is 5.10 Å². The molecule has 0 radical (unpaired) electrons. The van der Waals surface area contributed by atoms with Gasteiger partial charge in [0.25, 0.3) is 0 Å². The number of likely N-dealkylation sites (tertiary alicyclic amines) is 2. The molecule has 0 aliphatic carbocycles. The van der Waals surface area contributed by atoms with E-state index in [4.69, 9.17) is 0 Å². The highest BCUT2D eigenvalue weighted by Gasteiger charge is 2.32. The van der Waals surface area contributed by atoms with E-state index < -0.39 is 0 Å². The molecule has 3 heterocycles. The molecule has 0 bridgehead atoms. The minimum absolute atomic E-state index is 0.305. The number of hydrogen-bond acceptors (Lipinski definition) is 4. The van der Waals surface area contributed by atoms with Crippen molar-refractivity contribution in [2.24, 2.45) is 11.8 Å². The van der Waals surface area contributed by atoms with E-state index in [0.717, 1.165) is 44.3 Å². The molecule has 1 amide bonds. The number of carbonyl (C=O) groups is 1. The van der Waals surface area contributed by atoms with Gasteiger partial charge in [0.1, 0.15) is 12.7 Å². The van der Waals surface area contributed by atoms with E-state index in [1.165, 1.54) is 44.5 Å². The Labute approximate surface area is 173 Å². The van der Waals surface area contributed by atoms with E-state index in [-0.39, 0.29) is 0 Å². The normalized spacial score (nSPS) is 21.0. The predicted octanol–water partition coefficient (Wildman–Crippen LogP) is 2.86. The first kappa shape index (κ1) is 20.1. The van der Waals surface area contributed by atoms with Gasteiger partial charge in [0, 0.05) is 39.1 Å². The lowest BCUT2D eigenvalue weighted by Crippen LogP contribution is -2.40. The van der Waals surface area contributed by atoms with Crippen molar-refractivity contribution < 1.29 is 4.79 Å². The predicted molar refractivity (Wildman–Crippen MR) is 113 cm³/mol. The fourth-order valence-corrected chi connectivity index (χ4v) is 4.90. The zero-order valence-electron chi connectivity index (χ0n) is 17.3. The fraction of sp³-hybridized carbons (Fsp3) is 0.609. The number of rotatable bonds is 8. The summed E-state index contributed by atoms with van der Waals surface area (Å²) in [5, 5.41) is 4.09. The van der Waals surface area contributed by atoms with E-state index in [9.17, 15) is 4.79 Å². The second-order valence-electron chi connectivity index (χ2n) is 8.57. The van der Waals surface area contributed by atoms with Crippen LogP contribution in [0.25, 0.3) is 0 Å². The number of aromatic nitrogens is 3. The zero-order valence-corrected chi connectivity index (χ0v) is 17.3. The Morgan fingerprint density at radius 2 is 1.79 bits per heavy atom. The maximum absolute atomic E-state index is 12.5. The Morgan fingerprint density at radius 1 is 1.00 bits per heavy atom. The topological polar surface area (TPSA) is 54.3 Å². The third kappa shape index (κ3) is 5.66. The van der Waals surface area contributed by atoms with Crippen LogP contribution in [0.2, 0.25) is 0 Å². The highest BCUT2D eigenvalue weighted by molar-refractivity contribution is 5.76. The molecule has 0 spiro atoms. The quantitative estimate of drug-likeness (QED) is 0.690. The van der Waals surface area contributed by atoms with E-state index in [1.807, 2.05) is 0 Å². The Balaban J connectivity index is 1.14. The molecule has 4 rings (SSSR count). The zero-order chi connectivity index (χ0) is 19.9. The largest absolute Gasteiger partial charge is 0.343 e. The summed E-state index contributed by atoms with van der Waals surface area (Å²) in [5.74, 6) is 1.91. The molecular weight excluding hydrogens is 362 g/mol. The first-order valence-electron chi connectivity index (χ1n) is 11.1. The summed E-state index contributed by atoms with van der Waals surface area (Å²) >= 11 is 0. The van der Waals surface area contributed by atoms with Gasteiger partial charge in [-0.05, 0) is 56.0 Å². The second kappa shape index (κ2) is 10.0. The average molecular weight is 396 g/mol. The van der Waals surface area contributed by atoms with Crippen LogP contribution in [-0.2, 0) is 17.8 Å². The van der Waals surface area contributed by atoms with Gasteiger partial charge in [-0.15, -0.1) is 0 Å². The molecule has 1 aromatic heterocycles. The van der Waals surface area contributed by atoms with Gasteiger partial charge in [-0.3, -0.25) is 9.48 Å². The lowest BCUT2D eigenvalue weighted by Gasteiger charge is -2.35. The maximum Gasteiger partial charge on any atom is 0.222 e. The van der Waals surface area contributed by atoms with E-state index in [1.54, 1.807) is 17.3 Å². The highest BCUT2D eigenvalue weighted by atomic mass is 16.2. The van der Waals surface area contributed by atoms with Crippen LogP contribution in [-0.4, -0.2) is 63.2 Å². The van der Waals surface area contributed by atoms with Gasteiger partial charge in [-0.1, -0.05) is 30.3 Å². The molecule has 156 valence electrons. The molecule has 6 heteroatoms. The van der Waals surface area contributed by atoms with Crippen molar-refractivity contribution >= 4 is 5.91 Å². The SMILES string of the molecule is O=C(CCCn1cncn1)N1CCC([C@H]2CCN(CCc3ccccc3)C2)CC1. The van der Waals surface area contributed by atoms with Crippen molar-refractivity contribution in [1.82, 2.24) is 24.6 Å². The van der Waals surface area contributed by atoms with Gasteiger partial charge < -0.3 is 9.80 Å². The van der Waals surface area contributed by atoms with Crippen molar-refractivity contribution in [2.75, 3.05) is 32.7 Å². The summed E-state index contributed by atoms with van der Waals surface area (Å²) in [6, 6.07) is 10.8. The maximum atomic E-state index is 12.5. The fourth-order valence-electron chi connectivity index (χ4n) is 4.90. The number of carbonyl (C=O) groups excluding carboxylic acids is 1. The van der Waals surface area contributed by atoms with Crippen LogP contribution >= 0.6 is 0 Å². The van der Waals surface area contributed by atoms with Crippen LogP contribution < -0.4 is 0 Å². The first-order valence-corrected chi connectivity index (χ1v) is 11.1. The van der Waals surface area contributed by atoms with E-state index in [2.05, 4.69) is 50.2 Å². The Kier molecular flexibility index (Phi) is 6.93. The molecule has 0 saturated carbocycles. The van der Waals surface area contributed by atoms with Crippen LogP contribution in [0, 0.1) is 11.8 Å². The van der Waals surface area contributed by atoms with Crippen LogP contribution in [0.1, 0.15) is 37.7 Å². The monoisotopic (exact) mass is 395 g/mol. The molecule has 29 heavy (non-hydrogen) atoms. The minimum atomic E-state index is 0.305. The molecule has 2 saturated heterocycles. The number of amides is 1. The number of aryl methyl sites for hydroxylation is 1. The number of benzene rings is 1. The molecule has 2 aliphatic heterocycles. The van der Waals surface area contributed by atoms with Gasteiger partial charge in [-0.25, -0.2) is 4.98 Å². The van der Waals surface area contributed by atoms with Gasteiger partial charge in [0.05, 0.1) is 0 Å². The summed E-state index contributed by atoms with van der Waals surface area (Å²) in [7, 11) is 0. The summed E-state index contributed by atoms with van der Waals surface area (Å²) in [4.78, 5) is 21.2. The molecule has 2 aromatic rings. The lowest BCUT2D eigenvalue weighted by molar-refractivity contribution is -0.133. The second-order valence-corrected chi connectivity index (χ2v) is 8.57. The van der Waals surface area contributed by atoms with Gasteiger partial charge >= 0.3 is 0 Å². The average Bonchev–Trinajstić information content (AvgIpc) is 3.45. The first-order chi connectivity index (χ1) is 14.3. The van der Waals surface area contributed by atoms with Crippen LogP contribution in [0.15, 0.2) is 43.0 Å². The minimum Gasteiger partial charge on any atom is -0.343 e. The van der Waals surface area contributed by atoms with Crippen LogP contribution in [0.4, 0.5) is 0 Å². The van der Waals surface area contributed by atoms with E-state index in [0.29, 0.717) is 12.3 Å². The van der Waals surface area contributed by atoms with E-state index >= 15 is 0 Å². The molecule has 2 fully saturated rings. The molecule has 1 aromatic carbocycles. The third-order valence-corrected chi connectivity index (χ3v) is 6.67. The molecule has 1 atom stereocenters.